The van der Waals surface area contributed by atoms with Crippen molar-refractivity contribution in [2.24, 2.45) is 5.73 Å². The number of thioether (sulfide) groups is 1. The predicted octanol–water partition coefficient (Wildman–Crippen LogP) is 1.64. The third kappa shape index (κ3) is 4.40. The summed E-state index contributed by atoms with van der Waals surface area (Å²) in [5.41, 5.74) is 7.24. The first-order chi connectivity index (χ1) is 13.5. The minimum atomic E-state index is -0.616. The van der Waals surface area contributed by atoms with E-state index >= 15 is 0 Å². The van der Waals surface area contributed by atoms with Crippen molar-refractivity contribution in [1.82, 2.24) is 14.9 Å². The number of aromatic nitrogens is 2. The molecular weight excluding hydrogens is 376 g/mol. The highest BCUT2D eigenvalue weighted by molar-refractivity contribution is 7.99. The van der Waals surface area contributed by atoms with Gasteiger partial charge in [0.25, 0.3) is 5.56 Å². The highest BCUT2D eigenvalue weighted by Crippen LogP contribution is 2.21. The number of carbonyl (C=O) groups excluding carboxylic acids is 2. The van der Waals surface area contributed by atoms with Gasteiger partial charge in [-0.3, -0.25) is 19.0 Å². The molecule has 0 aliphatic rings. The summed E-state index contributed by atoms with van der Waals surface area (Å²) in [6, 6.07) is 14.8. The van der Waals surface area contributed by atoms with Gasteiger partial charge in [0.1, 0.15) is 0 Å². The highest BCUT2D eigenvalue weighted by Gasteiger charge is 2.15. The molecule has 0 aliphatic carbocycles. The second kappa shape index (κ2) is 8.71. The molecule has 0 spiro atoms. The average Bonchev–Trinajstić information content (AvgIpc) is 2.71. The van der Waals surface area contributed by atoms with Gasteiger partial charge < -0.3 is 11.1 Å². The molecule has 3 rings (SSSR count). The highest BCUT2D eigenvalue weighted by atomic mass is 32.2. The van der Waals surface area contributed by atoms with Crippen molar-refractivity contribution in [2.75, 3.05) is 12.3 Å². The topological polar surface area (TPSA) is 107 Å². The Bertz CT molecular complexity index is 1080. The molecular formula is C20H20N4O3S. The minimum Gasteiger partial charge on any atom is -0.368 e. The lowest BCUT2D eigenvalue weighted by atomic mass is 10.1. The number of primary amides is 1. The molecule has 7 nitrogen and oxygen atoms in total. The van der Waals surface area contributed by atoms with Crippen molar-refractivity contribution in [3.8, 4) is 5.69 Å². The van der Waals surface area contributed by atoms with E-state index in [0.29, 0.717) is 21.7 Å². The van der Waals surface area contributed by atoms with Crippen molar-refractivity contribution in [3.05, 3.63) is 64.4 Å². The van der Waals surface area contributed by atoms with Crippen molar-refractivity contribution in [2.45, 2.75) is 18.5 Å². The van der Waals surface area contributed by atoms with E-state index in [9.17, 15) is 14.4 Å². The molecule has 0 saturated carbocycles. The van der Waals surface area contributed by atoms with E-state index in [1.165, 1.54) is 4.57 Å². The van der Waals surface area contributed by atoms with E-state index in [1.807, 2.05) is 30.3 Å². The van der Waals surface area contributed by atoms with Gasteiger partial charge in [-0.25, -0.2) is 4.98 Å². The van der Waals surface area contributed by atoms with Crippen molar-refractivity contribution >= 4 is 34.5 Å². The van der Waals surface area contributed by atoms with Crippen LogP contribution in [0.3, 0.4) is 0 Å². The minimum absolute atomic E-state index is 0.00506. The van der Waals surface area contributed by atoms with E-state index in [1.54, 1.807) is 18.2 Å². The quantitative estimate of drug-likeness (QED) is 0.466. The fourth-order valence-corrected chi connectivity index (χ4v) is 3.53. The lowest BCUT2D eigenvalue weighted by Gasteiger charge is -2.13. The van der Waals surface area contributed by atoms with Crippen molar-refractivity contribution < 1.29 is 9.59 Å². The molecule has 0 aliphatic heterocycles. The third-order valence-electron chi connectivity index (χ3n) is 4.14. The lowest BCUT2D eigenvalue weighted by molar-refractivity contribution is -0.123. The molecule has 0 atom stereocenters. The Hall–Kier alpha value is -3.13. The molecule has 0 unspecified atom stereocenters. The Kier molecular flexibility index (Phi) is 6.10. The second-order valence-electron chi connectivity index (χ2n) is 6.10. The van der Waals surface area contributed by atoms with E-state index in [-0.39, 0.29) is 23.8 Å². The number of benzene rings is 2. The molecule has 0 saturated heterocycles. The Labute approximate surface area is 166 Å². The molecule has 144 valence electrons. The summed E-state index contributed by atoms with van der Waals surface area (Å²) in [6.45, 7) is 1.83. The van der Waals surface area contributed by atoms with Gasteiger partial charge in [0.2, 0.25) is 11.8 Å². The van der Waals surface area contributed by atoms with Gasteiger partial charge in [-0.05, 0) is 36.2 Å². The Morgan fingerprint density at radius 2 is 1.86 bits per heavy atom. The zero-order valence-electron chi connectivity index (χ0n) is 15.3. The molecule has 8 heteroatoms. The van der Waals surface area contributed by atoms with Gasteiger partial charge in [0.05, 0.1) is 28.9 Å². The number of nitrogens with zero attached hydrogens (tertiary/aromatic N) is 2. The van der Waals surface area contributed by atoms with Crippen LogP contribution in [-0.4, -0.2) is 33.7 Å². The number of para-hydroxylation sites is 1. The van der Waals surface area contributed by atoms with Gasteiger partial charge in [-0.1, -0.05) is 43.0 Å². The van der Waals surface area contributed by atoms with Crippen LogP contribution in [0.15, 0.2) is 58.5 Å². The standard InChI is InChI=1S/C20H20N4O3S/c1-2-13-7-9-14(10-8-13)24-19(27)15-5-3-4-6-16(15)23-20(24)28-12-18(26)22-11-17(21)25/h3-10H,2,11-12H2,1H3,(H2,21,25)(H,22,26). The molecule has 3 aromatic rings. The number of rotatable bonds is 7. The Balaban J connectivity index is 2.00. The van der Waals surface area contributed by atoms with Crippen LogP contribution in [0.5, 0.6) is 0 Å². The molecule has 0 bridgehead atoms. The molecule has 1 heterocycles. The van der Waals surface area contributed by atoms with Crippen LogP contribution in [0.25, 0.3) is 16.6 Å². The first-order valence-electron chi connectivity index (χ1n) is 8.78. The fourth-order valence-electron chi connectivity index (χ4n) is 2.68. The molecule has 0 radical (unpaired) electrons. The predicted molar refractivity (Wildman–Crippen MR) is 110 cm³/mol. The van der Waals surface area contributed by atoms with Crippen LogP contribution in [0.4, 0.5) is 0 Å². The Morgan fingerprint density at radius 3 is 2.54 bits per heavy atom. The zero-order chi connectivity index (χ0) is 20.1. The summed E-state index contributed by atoms with van der Waals surface area (Å²) in [7, 11) is 0. The van der Waals surface area contributed by atoms with Crippen LogP contribution in [0.2, 0.25) is 0 Å². The van der Waals surface area contributed by atoms with E-state index in [2.05, 4.69) is 17.2 Å². The number of hydrogen-bond donors (Lipinski definition) is 2. The van der Waals surface area contributed by atoms with E-state index < -0.39 is 5.91 Å². The third-order valence-corrected chi connectivity index (χ3v) is 5.08. The summed E-state index contributed by atoms with van der Waals surface area (Å²) in [6.07, 6.45) is 0.896. The normalized spacial score (nSPS) is 10.8. The first kappa shape index (κ1) is 19.6. The van der Waals surface area contributed by atoms with Crippen LogP contribution in [0.1, 0.15) is 12.5 Å². The maximum atomic E-state index is 13.1. The SMILES string of the molecule is CCc1ccc(-n2c(SCC(=O)NCC(N)=O)nc3ccccc3c2=O)cc1. The van der Waals surface area contributed by atoms with E-state index in [0.717, 1.165) is 23.7 Å². The van der Waals surface area contributed by atoms with Crippen LogP contribution in [-0.2, 0) is 16.0 Å². The zero-order valence-corrected chi connectivity index (χ0v) is 16.2. The average molecular weight is 396 g/mol. The maximum Gasteiger partial charge on any atom is 0.266 e. The first-order valence-corrected chi connectivity index (χ1v) is 9.77. The summed E-state index contributed by atoms with van der Waals surface area (Å²) in [5, 5.41) is 3.34. The molecule has 28 heavy (non-hydrogen) atoms. The Morgan fingerprint density at radius 1 is 1.14 bits per heavy atom. The number of amides is 2. The number of hydrogen-bond acceptors (Lipinski definition) is 5. The molecule has 1 aromatic heterocycles. The molecule has 2 aromatic carbocycles. The monoisotopic (exact) mass is 396 g/mol. The fraction of sp³-hybridized carbons (Fsp3) is 0.200. The number of aryl methyl sites for hydroxylation is 1. The van der Waals surface area contributed by atoms with Gasteiger partial charge in [-0.2, -0.15) is 0 Å². The van der Waals surface area contributed by atoms with Crippen LogP contribution < -0.4 is 16.6 Å². The number of nitrogens with one attached hydrogen (secondary N) is 1. The van der Waals surface area contributed by atoms with E-state index in [4.69, 9.17) is 5.73 Å². The maximum absolute atomic E-state index is 13.1. The molecule has 0 fully saturated rings. The van der Waals surface area contributed by atoms with Crippen molar-refractivity contribution in [1.29, 1.82) is 0 Å². The summed E-state index contributed by atoms with van der Waals surface area (Å²) in [4.78, 5) is 40.4. The lowest BCUT2D eigenvalue weighted by Crippen LogP contribution is -2.34. The summed E-state index contributed by atoms with van der Waals surface area (Å²) < 4.78 is 1.51. The van der Waals surface area contributed by atoms with Crippen LogP contribution in [0, 0.1) is 0 Å². The van der Waals surface area contributed by atoms with Crippen LogP contribution >= 0.6 is 11.8 Å². The largest absolute Gasteiger partial charge is 0.368 e. The smallest absolute Gasteiger partial charge is 0.266 e. The summed E-state index contributed by atoms with van der Waals surface area (Å²) in [5.74, 6) is -0.973. The van der Waals surface area contributed by atoms with Gasteiger partial charge in [0, 0.05) is 0 Å². The molecule has 3 N–H and O–H groups in total. The van der Waals surface area contributed by atoms with Gasteiger partial charge >= 0.3 is 0 Å². The number of nitrogens with two attached hydrogens (primary N) is 1. The number of fused-ring (bicyclic) bond motifs is 1. The molecule has 2 amide bonds. The number of carbonyl (C=O) groups is 2. The summed E-state index contributed by atoms with van der Waals surface area (Å²) >= 11 is 1.13. The second-order valence-corrected chi connectivity index (χ2v) is 7.05. The van der Waals surface area contributed by atoms with Gasteiger partial charge in [-0.15, -0.1) is 0 Å². The van der Waals surface area contributed by atoms with Gasteiger partial charge in [0.15, 0.2) is 5.16 Å². The van der Waals surface area contributed by atoms with Crippen molar-refractivity contribution in [3.63, 3.8) is 0 Å².